The lowest BCUT2D eigenvalue weighted by Crippen LogP contribution is -2.45. The first-order valence-electron chi connectivity index (χ1n) is 4.74. The van der Waals surface area contributed by atoms with Crippen molar-refractivity contribution in [3.8, 4) is 0 Å². The largest absolute Gasteiger partial charge is 0.459 e. The third-order valence-corrected chi connectivity index (χ3v) is 2.38. The second kappa shape index (κ2) is 5.94. The highest BCUT2D eigenvalue weighted by Gasteiger charge is 2.16. The van der Waals surface area contributed by atoms with Gasteiger partial charge < -0.3 is 4.74 Å². The Hall–Kier alpha value is -1.96. The third-order valence-electron chi connectivity index (χ3n) is 1.60. The molecular weight excluding hydrogens is 246 g/mol. The van der Waals surface area contributed by atoms with Gasteiger partial charge in [-0.05, 0) is 13.8 Å². The van der Waals surface area contributed by atoms with Crippen LogP contribution in [0.2, 0.25) is 0 Å². The number of hydrogen-bond donors (Lipinski definition) is 2. The summed E-state index contributed by atoms with van der Waals surface area (Å²) in [7, 11) is 0. The summed E-state index contributed by atoms with van der Waals surface area (Å²) in [6, 6.07) is 0. The molecule has 0 radical (unpaired) electrons. The maximum absolute atomic E-state index is 11.4. The quantitative estimate of drug-likeness (QED) is 0.433. The van der Waals surface area contributed by atoms with E-state index in [2.05, 4.69) is 15.1 Å². The van der Waals surface area contributed by atoms with Gasteiger partial charge in [-0.25, -0.2) is 9.78 Å². The molecule has 92 valence electrons. The highest BCUT2D eigenvalue weighted by Crippen LogP contribution is 2.06. The summed E-state index contributed by atoms with van der Waals surface area (Å²) < 4.78 is 4.43. The van der Waals surface area contributed by atoms with Crippen LogP contribution in [-0.2, 0) is 14.3 Å². The molecule has 1 aromatic heterocycles. The standard InChI is InChI=1S/C9H11N3O4S/c1-3-16-9(15)8(14)12-11-7(13)6-4-17-5(2)10-6/h4H,3H2,1-2H3,(H,11,13)(H,12,14). The highest BCUT2D eigenvalue weighted by molar-refractivity contribution is 7.09. The zero-order valence-electron chi connectivity index (χ0n) is 9.27. The van der Waals surface area contributed by atoms with Crippen LogP contribution in [0.1, 0.15) is 22.4 Å². The zero-order valence-corrected chi connectivity index (χ0v) is 10.1. The van der Waals surface area contributed by atoms with Crippen molar-refractivity contribution in [1.82, 2.24) is 15.8 Å². The summed E-state index contributed by atoms with van der Waals surface area (Å²) in [4.78, 5) is 37.3. The second-order valence-electron chi connectivity index (χ2n) is 2.88. The number of carbonyl (C=O) groups is 3. The van der Waals surface area contributed by atoms with E-state index in [4.69, 9.17) is 0 Å². The van der Waals surface area contributed by atoms with Crippen LogP contribution in [0, 0.1) is 6.92 Å². The number of carbonyl (C=O) groups excluding carboxylic acids is 3. The number of thiazole rings is 1. The number of rotatable bonds is 2. The molecule has 0 fully saturated rings. The molecule has 0 aliphatic carbocycles. The van der Waals surface area contributed by atoms with Gasteiger partial charge in [-0.15, -0.1) is 11.3 Å². The molecule has 1 heterocycles. The number of hydrogen-bond acceptors (Lipinski definition) is 6. The fourth-order valence-electron chi connectivity index (χ4n) is 0.893. The molecule has 0 saturated carbocycles. The van der Waals surface area contributed by atoms with Crippen molar-refractivity contribution in [2.45, 2.75) is 13.8 Å². The van der Waals surface area contributed by atoms with Crippen LogP contribution in [0.5, 0.6) is 0 Å². The van der Waals surface area contributed by atoms with Crippen LogP contribution in [0.25, 0.3) is 0 Å². The second-order valence-corrected chi connectivity index (χ2v) is 3.94. The Kier molecular flexibility index (Phi) is 4.58. The highest BCUT2D eigenvalue weighted by atomic mass is 32.1. The average molecular weight is 257 g/mol. The molecule has 2 amide bonds. The average Bonchev–Trinajstić information content (AvgIpc) is 2.72. The van der Waals surface area contributed by atoms with Gasteiger partial charge in [0, 0.05) is 5.38 Å². The van der Waals surface area contributed by atoms with E-state index < -0.39 is 17.8 Å². The van der Waals surface area contributed by atoms with E-state index >= 15 is 0 Å². The van der Waals surface area contributed by atoms with Gasteiger partial charge in [-0.2, -0.15) is 0 Å². The molecule has 2 N–H and O–H groups in total. The molecule has 0 aliphatic rings. The molecule has 0 aromatic carbocycles. The van der Waals surface area contributed by atoms with E-state index in [1.54, 1.807) is 19.2 Å². The Morgan fingerprint density at radius 3 is 2.65 bits per heavy atom. The topological polar surface area (TPSA) is 97.4 Å². The first-order chi connectivity index (χ1) is 8.04. The first kappa shape index (κ1) is 13.1. The molecule has 0 unspecified atom stereocenters. The monoisotopic (exact) mass is 257 g/mol. The Morgan fingerprint density at radius 1 is 1.41 bits per heavy atom. The minimum atomic E-state index is -1.05. The number of esters is 1. The van der Waals surface area contributed by atoms with Crippen molar-refractivity contribution in [2.75, 3.05) is 6.61 Å². The lowest BCUT2D eigenvalue weighted by atomic mass is 10.5. The Bertz CT molecular complexity index is 443. The van der Waals surface area contributed by atoms with Crippen LogP contribution in [0.3, 0.4) is 0 Å². The Labute approximate surface area is 101 Å². The summed E-state index contributed by atoms with van der Waals surface area (Å²) >= 11 is 1.31. The van der Waals surface area contributed by atoms with Gasteiger partial charge in [0.2, 0.25) is 0 Å². The number of aryl methyl sites for hydroxylation is 1. The molecule has 0 bridgehead atoms. The molecule has 0 saturated heterocycles. The van der Waals surface area contributed by atoms with Gasteiger partial charge in [0.1, 0.15) is 5.69 Å². The van der Waals surface area contributed by atoms with Crippen molar-refractivity contribution in [3.05, 3.63) is 16.1 Å². The fourth-order valence-corrected chi connectivity index (χ4v) is 1.49. The Balaban J connectivity index is 2.43. The first-order valence-corrected chi connectivity index (χ1v) is 5.62. The SMILES string of the molecule is CCOC(=O)C(=O)NNC(=O)c1csc(C)n1. The minimum Gasteiger partial charge on any atom is -0.459 e. The Morgan fingerprint density at radius 2 is 2.12 bits per heavy atom. The molecule has 7 nitrogen and oxygen atoms in total. The van der Waals surface area contributed by atoms with Crippen molar-refractivity contribution < 1.29 is 19.1 Å². The molecule has 17 heavy (non-hydrogen) atoms. The van der Waals surface area contributed by atoms with Gasteiger partial charge in [-0.3, -0.25) is 20.4 Å². The summed E-state index contributed by atoms with van der Waals surface area (Å²) in [5, 5.41) is 2.27. The van der Waals surface area contributed by atoms with Crippen molar-refractivity contribution in [2.24, 2.45) is 0 Å². The fraction of sp³-hybridized carbons (Fsp3) is 0.333. The normalized spacial score (nSPS) is 9.53. The van der Waals surface area contributed by atoms with E-state index in [0.29, 0.717) is 0 Å². The van der Waals surface area contributed by atoms with Crippen LogP contribution >= 0.6 is 11.3 Å². The molecule has 1 rings (SSSR count). The van der Waals surface area contributed by atoms with E-state index in [-0.39, 0.29) is 12.3 Å². The smallest absolute Gasteiger partial charge is 0.398 e. The van der Waals surface area contributed by atoms with Gasteiger partial charge in [0.25, 0.3) is 5.91 Å². The van der Waals surface area contributed by atoms with Crippen LogP contribution in [0.15, 0.2) is 5.38 Å². The molecule has 0 atom stereocenters. The predicted molar refractivity (Wildman–Crippen MR) is 59.1 cm³/mol. The maximum atomic E-state index is 11.4. The van der Waals surface area contributed by atoms with E-state index in [0.717, 1.165) is 5.01 Å². The van der Waals surface area contributed by atoms with E-state index in [1.165, 1.54) is 11.3 Å². The summed E-state index contributed by atoms with van der Waals surface area (Å²) in [5.41, 5.74) is 4.16. The third kappa shape index (κ3) is 3.83. The van der Waals surface area contributed by atoms with Gasteiger partial charge in [0.05, 0.1) is 11.6 Å². The molecule has 0 spiro atoms. The van der Waals surface area contributed by atoms with Crippen molar-refractivity contribution in [3.63, 3.8) is 0 Å². The van der Waals surface area contributed by atoms with Crippen molar-refractivity contribution >= 4 is 29.1 Å². The number of nitrogens with zero attached hydrogens (tertiary/aromatic N) is 1. The maximum Gasteiger partial charge on any atom is 0.398 e. The van der Waals surface area contributed by atoms with E-state index in [9.17, 15) is 14.4 Å². The lowest BCUT2D eigenvalue weighted by molar-refractivity contribution is -0.154. The zero-order chi connectivity index (χ0) is 12.8. The van der Waals surface area contributed by atoms with Gasteiger partial charge in [0.15, 0.2) is 0 Å². The predicted octanol–water partition coefficient (Wildman–Crippen LogP) is -0.224. The number of hydrazine groups is 1. The summed E-state index contributed by atoms with van der Waals surface area (Å²) in [6.45, 7) is 3.41. The summed E-state index contributed by atoms with van der Waals surface area (Å²) in [5.74, 6) is -2.68. The van der Waals surface area contributed by atoms with Crippen LogP contribution in [0.4, 0.5) is 0 Å². The van der Waals surface area contributed by atoms with Crippen molar-refractivity contribution in [1.29, 1.82) is 0 Å². The van der Waals surface area contributed by atoms with Crippen LogP contribution in [-0.4, -0.2) is 29.4 Å². The van der Waals surface area contributed by atoms with Gasteiger partial charge >= 0.3 is 11.9 Å². The number of nitrogens with one attached hydrogen (secondary N) is 2. The minimum absolute atomic E-state index is 0.0888. The lowest BCUT2D eigenvalue weighted by Gasteiger charge is -2.04. The molecule has 1 aromatic rings. The number of amides is 2. The number of aromatic nitrogens is 1. The van der Waals surface area contributed by atoms with Gasteiger partial charge in [-0.1, -0.05) is 0 Å². The summed E-state index contributed by atoms with van der Waals surface area (Å²) in [6.07, 6.45) is 0. The molecule has 8 heteroatoms. The molecular formula is C9H11N3O4S. The molecule has 0 aliphatic heterocycles. The number of ether oxygens (including phenoxy) is 1. The van der Waals surface area contributed by atoms with Crippen LogP contribution < -0.4 is 10.9 Å². The van der Waals surface area contributed by atoms with E-state index in [1.807, 2.05) is 5.43 Å².